The molecule has 0 N–H and O–H groups in total. The molecule has 1 aliphatic heterocycles. The smallest absolute Gasteiger partial charge is 0.243 e. The third kappa shape index (κ3) is 4.26. The monoisotopic (exact) mass is 364 g/mol. The Hall–Kier alpha value is -1.77. The molecule has 1 fully saturated rings. The number of hydrogen-bond donors (Lipinski definition) is 0. The summed E-state index contributed by atoms with van der Waals surface area (Å²) in [6.45, 7) is 6.81. The fraction of sp³-hybridized carbons (Fsp3) is 0.529. The summed E-state index contributed by atoms with van der Waals surface area (Å²) in [7, 11) is -3.42. The lowest BCUT2D eigenvalue weighted by atomic mass is 10.2. The molecule has 8 heteroatoms. The maximum Gasteiger partial charge on any atom is 0.243 e. The highest BCUT2D eigenvalue weighted by Crippen LogP contribution is 2.18. The number of sulfonamides is 1. The summed E-state index contributed by atoms with van der Waals surface area (Å²) in [4.78, 5) is 6.86. The molecule has 7 nitrogen and oxygen atoms in total. The van der Waals surface area contributed by atoms with Crippen molar-refractivity contribution in [1.82, 2.24) is 19.3 Å². The molecule has 2 aromatic rings. The van der Waals surface area contributed by atoms with E-state index in [4.69, 9.17) is 4.52 Å². The maximum absolute atomic E-state index is 12.7. The van der Waals surface area contributed by atoms with Crippen molar-refractivity contribution in [2.45, 2.75) is 38.1 Å². The van der Waals surface area contributed by atoms with Gasteiger partial charge < -0.3 is 4.52 Å². The Morgan fingerprint density at radius 3 is 2.44 bits per heavy atom. The Kier molecular flexibility index (Phi) is 5.51. The molecular weight excluding hydrogens is 340 g/mol. The highest BCUT2D eigenvalue weighted by atomic mass is 32.2. The van der Waals surface area contributed by atoms with Crippen LogP contribution in [0.5, 0.6) is 0 Å². The average Bonchev–Trinajstić information content (AvgIpc) is 3.03. The van der Waals surface area contributed by atoms with E-state index in [0.717, 1.165) is 24.2 Å². The molecule has 3 rings (SSSR count). The van der Waals surface area contributed by atoms with Crippen LogP contribution in [0.15, 0.2) is 33.7 Å². The van der Waals surface area contributed by atoms with Crippen LogP contribution < -0.4 is 0 Å². The number of rotatable bonds is 6. The first-order chi connectivity index (χ1) is 12.0. The second kappa shape index (κ2) is 7.63. The van der Waals surface area contributed by atoms with Gasteiger partial charge in [-0.2, -0.15) is 9.29 Å². The second-order valence-corrected chi connectivity index (χ2v) is 8.29. The molecule has 1 aromatic carbocycles. The van der Waals surface area contributed by atoms with Gasteiger partial charge >= 0.3 is 0 Å². The van der Waals surface area contributed by atoms with Gasteiger partial charge in [-0.1, -0.05) is 29.8 Å². The molecular formula is C17H24N4O3S. The lowest BCUT2D eigenvalue weighted by Gasteiger charge is -2.33. The third-order valence-electron chi connectivity index (χ3n) is 4.33. The minimum absolute atomic E-state index is 0.354. The first-order valence-corrected chi connectivity index (χ1v) is 10.0. The normalized spacial score (nSPS) is 17.0. The first kappa shape index (κ1) is 18.0. The number of piperazine rings is 1. The van der Waals surface area contributed by atoms with Gasteiger partial charge in [0.1, 0.15) is 0 Å². The predicted octanol–water partition coefficient (Wildman–Crippen LogP) is 1.84. The number of aryl methyl sites for hydroxylation is 2. The van der Waals surface area contributed by atoms with Crippen LogP contribution >= 0.6 is 0 Å². The molecule has 2 heterocycles. The minimum atomic E-state index is -3.42. The van der Waals surface area contributed by atoms with E-state index in [1.165, 1.54) is 0 Å². The first-order valence-electron chi connectivity index (χ1n) is 8.59. The molecule has 0 radical (unpaired) electrons. The van der Waals surface area contributed by atoms with Crippen molar-refractivity contribution < 1.29 is 12.9 Å². The van der Waals surface area contributed by atoms with Gasteiger partial charge in [0, 0.05) is 32.6 Å². The topological polar surface area (TPSA) is 79.5 Å². The Labute approximate surface area is 148 Å². The Balaban J connectivity index is 1.58. The molecule has 0 saturated carbocycles. The van der Waals surface area contributed by atoms with Crippen LogP contribution in [0, 0.1) is 6.92 Å². The lowest BCUT2D eigenvalue weighted by molar-refractivity contribution is 0.163. The summed E-state index contributed by atoms with van der Waals surface area (Å²) in [6, 6.07) is 6.99. The largest absolute Gasteiger partial charge is 0.338 e. The summed E-state index contributed by atoms with van der Waals surface area (Å²) < 4.78 is 32.2. The van der Waals surface area contributed by atoms with Crippen molar-refractivity contribution in [2.24, 2.45) is 0 Å². The molecule has 0 amide bonds. The molecule has 25 heavy (non-hydrogen) atoms. The summed E-state index contributed by atoms with van der Waals surface area (Å²) in [5.41, 5.74) is 1.05. The number of aromatic nitrogens is 2. The quantitative estimate of drug-likeness (QED) is 0.778. The zero-order chi connectivity index (χ0) is 17.9. The van der Waals surface area contributed by atoms with Crippen molar-refractivity contribution >= 4 is 10.0 Å². The van der Waals surface area contributed by atoms with Crippen molar-refractivity contribution in [2.75, 3.05) is 26.2 Å². The van der Waals surface area contributed by atoms with E-state index in [1.807, 2.05) is 19.1 Å². The summed E-state index contributed by atoms with van der Waals surface area (Å²) >= 11 is 0. The van der Waals surface area contributed by atoms with Crippen LogP contribution in [-0.2, 0) is 23.0 Å². The summed E-state index contributed by atoms with van der Waals surface area (Å²) in [5, 5.41) is 3.95. The van der Waals surface area contributed by atoms with Crippen LogP contribution in [0.4, 0.5) is 0 Å². The van der Waals surface area contributed by atoms with Crippen molar-refractivity contribution in [3.63, 3.8) is 0 Å². The molecule has 0 bridgehead atoms. The molecule has 0 spiro atoms. The lowest BCUT2D eigenvalue weighted by Crippen LogP contribution is -2.48. The summed E-state index contributed by atoms with van der Waals surface area (Å²) in [5.74, 6) is 1.33. The van der Waals surface area contributed by atoms with Gasteiger partial charge in [0.2, 0.25) is 15.9 Å². The van der Waals surface area contributed by atoms with E-state index >= 15 is 0 Å². The maximum atomic E-state index is 12.7. The minimum Gasteiger partial charge on any atom is -0.338 e. The molecule has 0 atom stereocenters. The molecule has 1 aliphatic rings. The van der Waals surface area contributed by atoms with Gasteiger partial charge in [-0.05, 0) is 25.5 Å². The van der Waals surface area contributed by atoms with Crippen LogP contribution in [0.25, 0.3) is 0 Å². The Morgan fingerprint density at radius 1 is 1.12 bits per heavy atom. The molecule has 1 saturated heterocycles. The van der Waals surface area contributed by atoms with E-state index in [1.54, 1.807) is 16.4 Å². The highest BCUT2D eigenvalue weighted by Gasteiger charge is 2.28. The Bertz CT molecular complexity index is 794. The molecule has 0 aliphatic carbocycles. The van der Waals surface area contributed by atoms with Gasteiger partial charge in [0.25, 0.3) is 0 Å². The number of hydrogen-bond acceptors (Lipinski definition) is 6. The van der Waals surface area contributed by atoms with E-state index in [-0.39, 0.29) is 0 Å². The van der Waals surface area contributed by atoms with Crippen molar-refractivity contribution in [3.8, 4) is 0 Å². The van der Waals surface area contributed by atoms with Gasteiger partial charge in [0.05, 0.1) is 11.4 Å². The van der Waals surface area contributed by atoms with Gasteiger partial charge in [-0.3, -0.25) is 4.90 Å². The zero-order valence-electron chi connectivity index (χ0n) is 14.7. The predicted molar refractivity (Wildman–Crippen MR) is 93.5 cm³/mol. The highest BCUT2D eigenvalue weighted by molar-refractivity contribution is 7.89. The van der Waals surface area contributed by atoms with Crippen LogP contribution in [0.2, 0.25) is 0 Å². The standard InChI is InChI=1S/C17H24N4O3S/c1-3-4-16-18-17(24-19-16)13-20-9-11-21(12-10-20)25(22,23)15-7-5-14(2)6-8-15/h5-8H,3-4,9-13H2,1-2H3. The average molecular weight is 364 g/mol. The summed E-state index contributed by atoms with van der Waals surface area (Å²) in [6.07, 6.45) is 1.79. The van der Waals surface area contributed by atoms with Gasteiger partial charge in [-0.15, -0.1) is 0 Å². The van der Waals surface area contributed by atoms with Crippen molar-refractivity contribution in [3.05, 3.63) is 41.5 Å². The molecule has 0 unspecified atom stereocenters. The van der Waals surface area contributed by atoms with E-state index in [9.17, 15) is 8.42 Å². The fourth-order valence-electron chi connectivity index (χ4n) is 2.86. The molecule has 1 aromatic heterocycles. The van der Waals surface area contributed by atoms with Crippen molar-refractivity contribution in [1.29, 1.82) is 0 Å². The van der Waals surface area contributed by atoms with Gasteiger partial charge in [0.15, 0.2) is 5.82 Å². The van der Waals surface area contributed by atoms with Crippen LogP contribution in [0.3, 0.4) is 0 Å². The SMILES string of the molecule is CCCc1noc(CN2CCN(S(=O)(=O)c3ccc(C)cc3)CC2)n1. The Morgan fingerprint density at radius 2 is 1.80 bits per heavy atom. The van der Waals surface area contributed by atoms with Crippen LogP contribution in [-0.4, -0.2) is 53.9 Å². The number of nitrogens with zero attached hydrogens (tertiary/aromatic N) is 4. The fourth-order valence-corrected chi connectivity index (χ4v) is 4.28. The third-order valence-corrected chi connectivity index (χ3v) is 6.25. The van der Waals surface area contributed by atoms with Crippen LogP contribution in [0.1, 0.15) is 30.6 Å². The zero-order valence-corrected chi connectivity index (χ0v) is 15.5. The van der Waals surface area contributed by atoms with E-state index in [0.29, 0.717) is 43.5 Å². The number of benzene rings is 1. The molecule has 136 valence electrons. The van der Waals surface area contributed by atoms with E-state index < -0.39 is 10.0 Å². The van der Waals surface area contributed by atoms with E-state index in [2.05, 4.69) is 22.0 Å². The van der Waals surface area contributed by atoms with Gasteiger partial charge in [-0.25, -0.2) is 8.42 Å². The second-order valence-electron chi connectivity index (χ2n) is 6.35.